The molecule has 1 aromatic heterocycles. The molecule has 11 heteroatoms. The van der Waals surface area contributed by atoms with Gasteiger partial charge in [-0.05, 0) is 45.3 Å². The number of aromatic nitrogens is 2. The molecular formula is C25H30ClF2N5O3. The summed E-state index contributed by atoms with van der Waals surface area (Å²) in [6, 6.07) is 7.43. The van der Waals surface area contributed by atoms with Gasteiger partial charge in [0.05, 0.1) is 36.0 Å². The number of likely N-dealkylation sites (N-methyl/N-ethyl adjacent to an activating group) is 1. The van der Waals surface area contributed by atoms with Crippen LogP contribution in [0.2, 0.25) is 5.02 Å². The highest BCUT2D eigenvalue weighted by molar-refractivity contribution is 6.31. The Bertz CT molecular complexity index is 1200. The average Bonchev–Trinajstić information content (AvgIpc) is 2.84. The molecule has 2 N–H and O–H groups in total. The van der Waals surface area contributed by atoms with Crippen molar-refractivity contribution in [2.45, 2.75) is 20.0 Å². The Kier molecular flexibility index (Phi) is 9.74. The quantitative estimate of drug-likeness (QED) is 0.322. The number of fused-ring (bicyclic) bond motifs is 1. The molecule has 0 saturated carbocycles. The van der Waals surface area contributed by atoms with Crippen molar-refractivity contribution in [3.8, 4) is 5.75 Å². The lowest BCUT2D eigenvalue weighted by atomic mass is 10.1. The minimum absolute atomic E-state index is 0.0428. The Labute approximate surface area is 214 Å². The molecule has 1 amide bonds. The molecule has 2 unspecified atom stereocenters. The van der Waals surface area contributed by atoms with Crippen LogP contribution >= 0.6 is 11.6 Å². The molecule has 0 aliphatic heterocycles. The summed E-state index contributed by atoms with van der Waals surface area (Å²) in [7, 11) is 3.83. The number of hydrogen-bond acceptors (Lipinski definition) is 7. The van der Waals surface area contributed by atoms with Gasteiger partial charge in [-0.2, -0.15) is 0 Å². The summed E-state index contributed by atoms with van der Waals surface area (Å²) in [4.78, 5) is 23.2. The molecule has 2 atom stereocenters. The van der Waals surface area contributed by atoms with Crippen molar-refractivity contribution in [3.63, 3.8) is 0 Å². The van der Waals surface area contributed by atoms with E-state index in [0.29, 0.717) is 47.9 Å². The normalized spacial score (nSPS) is 13.0. The molecule has 1 heterocycles. The second-order valence-electron chi connectivity index (χ2n) is 8.52. The Morgan fingerprint density at radius 3 is 2.69 bits per heavy atom. The largest absolute Gasteiger partial charge is 0.492 e. The molecular weight excluding hydrogens is 492 g/mol. The number of hydrogen-bond donors (Lipinski definition) is 2. The summed E-state index contributed by atoms with van der Waals surface area (Å²) in [6.45, 7) is 5.00. The molecule has 36 heavy (non-hydrogen) atoms. The van der Waals surface area contributed by atoms with Crippen LogP contribution in [0.1, 0.15) is 13.8 Å². The third kappa shape index (κ3) is 7.22. The number of nitrogens with zero attached hydrogens (tertiary/aromatic N) is 3. The van der Waals surface area contributed by atoms with Gasteiger partial charge in [0, 0.05) is 29.6 Å². The number of rotatable bonds is 12. The molecule has 2 aromatic carbocycles. The summed E-state index contributed by atoms with van der Waals surface area (Å²) < 4.78 is 39.6. The number of carbonyl (C=O) groups is 1. The highest BCUT2D eigenvalue weighted by atomic mass is 35.5. The van der Waals surface area contributed by atoms with Gasteiger partial charge in [-0.25, -0.2) is 18.7 Å². The van der Waals surface area contributed by atoms with Crippen LogP contribution < -0.4 is 15.4 Å². The van der Waals surface area contributed by atoms with E-state index < -0.39 is 23.8 Å². The van der Waals surface area contributed by atoms with E-state index in [1.165, 1.54) is 24.5 Å². The number of amides is 1. The Morgan fingerprint density at radius 1 is 1.22 bits per heavy atom. The molecule has 3 rings (SSSR count). The zero-order valence-electron chi connectivity index (χ0n) is 20.6. The van der Waals surface area contributed by atoms with Crippen molar-refractivity contribution in [1.82, 2.24) is 14.9 Å². The molecule has 8 nitrogen and oxygen atoms in total. The van der Waals surface area contributed by atoms with Crippen LogP contribution in [0, 0.1) is 11.7 Å². The number of anilines is 3. The average molecular weight is 522 g/mol. The summed E-state index contributed by atoms with van der Waals surface area (Å²) in [5, 5.41) is 6.19. The van der Waals surface area contributed by atoms with Gasteiger partial charge in [-0.15, -0.1) is 0 Å². The summed E-state index contributed by atoms with van der Waals surface area (Å²) in [6.07, 6.45) is -0.431. The second-order valence-corrected chi connectivity index (χ2v) is 8.93. The van der Waals surface area contributed by atoms with Crippen LogP contribution in [0.5, 0.6) is 5.75 Å². The van der Waals surface area contributed by atoms with Crippen LogP contribution in [-0.4, -0.2) is 67.4 Å². The molecule has 0 aliphatic carbocycles. The smallest absolute Gasteiger partial charge is 0.259 e. The SMILES string of the molecule is CCOc1cc2ncnc(Nc3ccc(F)c(Cl)c3)c2cc1NC(=O)C(F)C(C)COCCN(C)C. The Hall–Kier alpha value is -3.08. The standard InChI is InChI=1S/C25H30ClF2N5O3/c1-5-36-22-12-20-17(24(30-14-29-20)31-16-6-7-19(27)18(26)10-16)11-21(22)32-25(34)23(28)15(2)13-35-9-8-33(3)4/h6-7,10-12,14-15,23H,5,8-9,13H2,1-4H3,(H,32,34)(H,29,30,31). The first-order chi connectivity index (χ1) is 17.2. The first kappa shape index (κ1) is 27.5. The fraction of sp³-hybridized carbons (Fsp3) is 0.400. The van der Waals surface area contributed by atoms with Crippen LogP contribution in [0.4, 0.5) is 26.0 Å². The lowest BCUT2D eigenvalue weighted by molar-refractivity contribution is -0.123. The minimum Gasteiger partial charge on any atom is -0.492 e. The van der Waals surface area contributed by atoms with Gasteiger partial charge in [-0.1, -0.05) is 18.5 Å². The summed E-state index contributed by atoms with van der Waals surface area (Å²) in [5.41, 5.74) is 1.31. The maximum atomic E-state index is 14.9. The number of benzene rings is 2. The van der Waals surface area contributed by atoms with Crippen molar-refractivity contribution < 1.29 is 23.0 Å². The maximum absolute atomic E-state index is 14.9. The van der Waals surface area contributed by atoms with Crippen molar-refractivity contribution in [2.75, 3.05) is 51.1 Å². The van der Waals surface area contributed by atoms with Crippen LogP contribution in [0.25, 0.3) is 10.9 Å². The Morgan fingerprint density at radius 2 is 2.00 bits per heavy atom. The molecule has 0 bridgehead atoms. The molecule has 3 aromatic rings. The fourth-order valence-corrected chi connectivity index (χ4v) is 3.51. The molecule has 0 aliphatic rings. The molecule has 0 spiro atoms. The third-order valence-electron chi connectivity index (χ3n) is 5.29. The van der Waals surface area contributed by atoms with Gasteiger partial charge in [-0.3, -0.25) is 4.79 Å². The van der Waals surface area contributed by atoms with Crippen molar-refractivity contribution in [2.24, 2.45) is 5.92 Å². The van der Waals surface area contributed by atoms with E-state index in [4.69, 9.17) is 21.1 Å². The predicted molar refractivity (Wildman–Crippen MR) is 137 cm³/mol. The van der Waals surface area contributed by atoms with Crippen LogP contribution in [0.3, 0.4) is 0 Å². The zero-order chi connectivity index (χ0) is 26.2. The molecule has 194 valence electrons. The van der Waals surface area contributed by atoms with Crippen molar-refractivity contribution in [3.05, 3.63) is 47.5 Å². The Balaban J connectivity index is 1.83. The fourth-order valence-electron chi connectivity index (χ4n) is 3.33. The van der Waals surface area contributed by atoms with E-state index in [9.17, 15) is 13.6 Å². The van der Waals surface area contributed by atoms with E-state index >= 15 is 0 Å². The molecule has 0 fully saturated rings. The highest BCUT2D eigenvalue weighted by Gasteiger charge is 2.26. The lowest BCUT2D eigenvalue weighted by Gasteiger charge is -2.19. The van der Waals surface area contributed by atoms with Crippen LogP contribution in [-0.2, 0) is 9.53 Å². The van der Waals surface area contributed by atoms with Gasteiger partial charge >= 0.3 is 0 Å². The first-order valence-electron chi connectivity index (χ1n) is 11.5. The summed E-state index contributed by atoms with van der Waals surface area (Å²) >= 11 is 5.89. The predicted octanol–water partition coefficient (Wildman–Crippen LogP) is 5.06. The molecule has 0 saturated heterocycles. The van der Waals surface area contributed by atoms with E-state index in [1.54, 1.807) is 26.0 Å². The van der Waals surface area contributed by atoms with E-state index in [2.05, 4.69) is 20.6 Å². The second kappa shape index (κ2) is 12.8. The number of alkyl halides is 1. The van der Waals surface area contributed by atoms with Crippen molar-refractivity contribution >= 4 is 45.6 Å². The van der Waals surface area contributed by atoms with Gasteiger partial charge in [0.25, 0.3) is 5.91 Å². The van der Waals surface area contributed by atoms with Gasteiger partial charge in [0.1, 0.15) is 23.7 Å². The van der Waals surface area contributed by atoms with Gasteiger partial charge < -0.3 is 25.0 Å². The number of nitrogens with one attached hydrogen (secondary N) is 2. The third-order valence-corrected chi connectivity index (χ3v) is 5.58. The lowest BCUT2D eigenvalue weighted by Crippen LogP contribution is -2.32. The van der Waals surface area contributed by atoms with E-state index in [1.807, 2.05) is 19.0 Å². The maximum Gasteiger partial charge on any atom is 0.259 e. The van der Waals surface area contributed by atoms with E-state index in [-0.39, 0.29) is 17.3 Å². The van der Waals surface area contributed by atoms with Gasteiger partial charge in [0.2, 0.25) is 0 Å². The topological polar surface area (TPSA) is 88.6 Å². The van der Waals surface area contributed by atoms with Crippen LogP contribution in [0.15, 0.2) is 36.7 Å². The monoisotopic (exact) mass is 521 g/mol. The van der Waals surface area contributed by atoms with Gasteiger partial charge in [0.15, 0.2) is 6.17 Å². The molecule has 0 radical (unpaired) electrons. The van der Waals surface area contributed by atoms with Crippen molar-refractivity contribution in [1.29, 1.82) is 0 Å². The summed E-state index contributed by atoms with van der Waals surface area (Å²) in [5.74, 6) is -1.27. The number of carbonyl (C=O) groups excluding carboxylic acids is 1. The van der Waals surface area contributed by atoms with E-state index in [0.717, 1.165) is 0 Å². The minimum atomic E-state index is -1.79. The number of ether oxygens (including phenoxy) is 2. The highest BCUT2D eigenvalue weighted by Crippen LogP contribution is 2.34. The number of halogens is 3. The zero-order valence-corrected chi connectivity index (χ0v) is 21.4. The first-order valence-corrected chi connectivity index (χ1v) is 11.9.